The molecule has 0 aliphatic carbocycles. The minimum absolute atomic E-state index is 1.16. The van der Waals surface area contributed by atoms with Crippen LogP contribution >= 0.6 is 0 Å². The minimum Gasteiger partial charge on any atom is -0.0856 e. The molecular formula is C10H15B. The molecular weight excluding hydrogens is 131 g/mol. The number of hydrogen-bond acceptors (Lipinski definition) is 0. The van der Waals surface area contributed by atoms with Gasteiger partial charge >= 0.3 is 0 Å². The average Bonchev–Trinajstić information content (AvgIpc) is 2.04. The Morgan fingerprint density at radius 3 is 2.36 bits per heavy atom. The van der Waals surface area contributed by atoms with E-state index >= 15 is 0 Å². The maximum absolute atomic E-state index is 2.23. The molecule has 0 radical (unpaired) electrons. The summed E-state index contributed by atoms with van der Waals surface area (Å²) in [6.45, 7) is 4.44. The Bertz CT molecular complexity index is 241. The number of hydrogen-bond donors (Lipinski definition) is 0. The maximum atomic E-state index is 2.23. The van der Waals surface area contributed by atoms with Crippen LogP contribution in [0.3, 0.4) is 0 Å². The van der Waals surface area contributed by atoms with Gasteiger partial charge in [0.2, 0.25) is 0 Å². The zero-order valence-corrected chi connectivity index (χ0v) is 7.65. The van der Waals surface area contributed by atoms with Gasteiger partial charge in [0.05, 0.1) is 0 Å². The van der Waals surface area contributed by atoms with E-state index in [4.69, 9.17) is 0 Å². The van der Waals surface area contributed by atoms with Crippen molar-refractivity contribution in [3.8, 4) is 0 Å². The quantitative estimate of drug-likeness (QED) is 0.547. The van der Waals surface area contributed by atoms with Crippen molar-refractivity contribution in [2.75, 3.05) is 0 Å². The van der Waals surface area contributed by atoms with Crippen molar-refractivity contribution in [1.82, 2.24) is 0 Å². The summed E-state index contributed by atoms with van der Waals surface area (Å²) < 4.78 is 0. The Morgan fingerprint density at radius 2 is 1.91 bits per heavy atom. The number of benzene rings is 1. The van der Waals surface area contributed by atoms with Crippen molar-refractivity contribution in [3.05, 3.63) is 29.3 Å². The molecule has 0 saturated heterocycles. The molecule has 0 aromatic heterocycles. The molecule has 0 nitrogen and oxygen atoms in total. The van der Waals surface area contributed by atoms with Crippen molar-refractivity contribution in [1.29, 1.82) is 0 Å². The third-order valence-corrected chi connectivity index (χ3v) is 2.24. The topological polar surface area (TPSA) is 0 Å². The first-order valence-corrected chi connectivity index (χ1v) is 4.37. The summed E-state index contributed by atoms with van der Waals surface area (Å²) in [5, 5.41) is 0. The van der Waals surface area contributed by atoms with E-state index in [1.54, 1.807) is 0 Å². The van der Waals surface area contributed by atoms with E-state index < -0.39 is 0 Å². The van der Waals surface area contributed by atoms with Gasteiger partial charge in [-0.3, -0.25) is 0 Å². The van der Waals surface area contributed by atoms with Crippen molar-refractivity contribution >= 4 is 13.3 Å². The van der Waals surface area contributed by atoms with Crippen LogP contribution in [0, 0.1) is 0 Å². The Hall–Kier alpha value is -0.715. The van der Waals surface area contributed by atoms with Gasteiger partial charge in [0, 0.05) is 0 Å². The second-order valence-electron chi connectivity index (χ2n) is 2.92. The first-order valence-electron chi connectivity index (χ1n) is 4.37. The lowest BCUT2D eigenvalue weighted by molar-refractivity contribution is 1.05. The van der Waals surface area contributed by atoms with Crippen LogP contribution < -0.4 is 5.46 Å². The SMILES string of the molecule is Bc1cccc(CC)c1CC. The molecule has 1 heteroatoms. The fourth-order valence-corrected chi connectivity index (χ4v) is 1.60. The van der Waals surface area contributed by atoms with E-state index in [9.17, 15) is 0 Å². The molecule has 1 aromatic rings. The third-order valence-electron chi connectivity index (χ3n) is 2.24. The second-order valence-corrected chi connectivity index (χ2v) is 2.92. The standard InChI is InChI=1S/C10H15B/c1-3-8-6-5-7-10(11)9(8)4-2/h5-7H,3-4,11H2,1-2H3. The Labute approximate surface area is 70.0 Å². The molecule has 0 heterocycles. The minimum atomic E-state index is 1.16. The van der Waals surface area contributed by atoms with Gasteiger partial charge in [0.15, 0.2) is 0 Å². The van der Waals surface area contributed by atoms with Crippen LogP contribution in [0.25, 0.3) is 0 Å². The Morgan fingerprint density at radius 1 is 1.18 bits per heavy atom. The summed E-state index contributed by atoms with van der Waals surface area (Å²) in [6, 6.07) is 6.57. The molecule has 0 amide bonds. The second kappa shape index (κ2) is 3.61. The monoisotopic (exact) mass is 146 g/mol. The van der Waals surface area contributed by atoms with Gasteiger partial charge < -0.3 is 0 Å². The first kappa shape index (κ1) is 8.38. The first-order chi connectivity index (χ1) is 5.29. The molecule has 1 aromatic carbocycles. The highest BCUT2D eigenvalue weighted by Gasteiger charge is 1.99. The van der Waals surface area contributed by atoms with E-state index in [0.29, 0.717) is 0 Å². The zero-order valence-electron chi connectivity index (χ0n) is 7.65. The predicted octanol–water partition coefficient (Wildman–Crippen LogP) is 1.07. The lowest BCUT2D eigenvalue weighted by atomic mass is 9.86. The highest BCUT2D eigenvalue weighted by molar-refractivity contribution is 6.33. The molecule has 0 aliphatic heterocycles. The summed E-state index contributed by atoms with van der Waals surface area (Å²) in [4.78, 5) is 0. The van der Waals surface area contributed by atoms with Gasteiger partial charge in [-0.25, -0.2) is 0 Å². The van der Waals surface area contributed by atoms with Crippen LogP contribution in [-0.2, 0) is 12.8 Å². The number of rotatable bonds is 2. The predicted molar refractivity (Wildman–Crippen MR) is 53.4 cm³/mol. The van der Waals surface area contributed by atoms with E-state index in [0.717, 1.165) is 12.8 Å². The molecule has 0 unspecified atom stereocenters. The third kappa shape index (κ3) is 1.65. The summed E-state index contributed by atoms with van der Waals surface area (Å²) in [7, 11) is 2.19. The van der Waals surface area contributed by atoms with Gasteiger partial charge in [-0.15, -0.1) is 0 Å². The summed E-state index contributed by atoms with van der Waals surface area (Å²) in [6.07, 6.45) is 2.32. The summed E-state index contributed by atoms with van der Waals surface area (Å²) >= 11 is 0. The zero-order chi connectivity index (χ0) is 8.27. The van der Waals surface area contributed by atoms with E-state index in [-0.39, 0.29) is 0 Å². The summed E-state index contributed by atoms with van der Waals surface area (Å²) in [5.74, 6) is 0. The molecule has 0 atom stereocenters. The van der Waals surface area contributed by atoms with Gasteiger partial charge in [-0.2, -0.15) is 0 Å². The van der Waals surface area contributed by atoms with Gasteiger partial charge in [-0.1, -0.05) is 43.1 Å². The highest BCUT2D eigenvalue weighted by atomic mass is 14.0. The van der Waals surface area contributed by atoms with Crippen molar-refractivity contribution in [2.45, 2.75) is 26.7 Å². The van der Waals surface area contributed by atoms with E-state index in [2.05, 4.69) is 39.9 Å². The molecule has 0 N–H and O–H groups in total. The molecule has 0 bridgehead atoms. The van der Waals surface area contributed by atoms with Crippen LogP contribution in [0.15, 0.2) is 18.2 Å². The summed E-state index contributed by atoms with van der Waals surface area (Å²) in [5.41, 5.74) is 4.48. The van der Waals surface area contributed by atoms with Crippen molar-refractivity contribution in [2.24, 2.45) is 0 Å². The Kier molecular flexibility index (Phi) is 2.75. The molecule has 11 heavy (non-hydrogen) atoms. The van der Waals surface area contributed by atoms with Gasteiger partial charge in [-0.05, 0) is 18.4 Å². The van der Waals surface area contributed by atoms with Gasteiger partial charge in [0.1, 0.15) is 7.85 Å². The maximum Gasteiger partial charge on any atom is 0.139 e. The largest absolute Gasteiger partial charge is 0.139 e. The molecule has 0 fully saturated rings. The average molecular weight is 146 g/mol. The van der Waals surface area contributed by atoms with Gasteiger partial charge in [0.25, 0.3) is 0 Å². The Balaban J connectivity index is 3.13. The van der Waals surface area contributed by atoms with Crippen LogP contribution in [0.5, 0.6) is 0 Å². The smallest absolute Gasteiger partial charge is 0.0856 e. The van der Waals surface area contributed by atoms with Crippen LogP contribution in [0.4, 0.5) is 0 Å². The molecule has 0 saturated carbocycles. The molecule has 1 rings (SSSR count). The molecule has 58 valence electrons. The van der Waals surface area contributed by atoms with Crippen molar-refractivity contribution < 1.29 is 0 Å². The number of aryl methyl sites for hydroxylation is 1. The fourth-order valence-electron chi connectivity index (χ4n) is 1.60. The lowest BCUT2D eigenvalue weighted by Gasteiger charge is -2.08. The van der Waals surface area contributed by atoms with Crippen molar-refractivity contribution in [3.63, 3.8) is 0 Å². The van der Waals surface area contributed by atoms with E-state index in [1.807, 2.05) is 0 Å². The molecule has 0 aliphatic rings. The molecule has 0 spiro atoms. The lowest BCUT2D eigenvalue weighted by Crippen LogP contribution is -2.11. The fraction of sp³-hybridized carbons (Fsp3) is 0.400. The van der Waals surface area contributed by atoms with Crippen LogP contribution in [0.1, 0.15) is 25.0 Å². The van der Waals surface area contributed by atoms with Crippen LogP contribution in [0.2, 0.25) is 0 Å². The highest BCUT2D eigenvalue weighted by Crippen LogP contribution is 2.06. The van der Waals surface area contributed by atoms with E-state index in [1.165, 1.54) is 16.6 Å². The van der Waals surface area contributed by atoms with Crippen LogP contribution in [-0.4, -0.2) is 7.85 Å². The normalized spacial score (nSPS) is 10.0.